The van der Waals surface area contributed by atoms with Gasteiger partial charge in [-0.1, -0.05) is 18.2 Å². The number of carbonyl (C=O) groups is 2. The number of nitrogens with one attached hydrogen (secondary N) is 2. The summed E-state index contributed by atoms with van der Waals surface area (Å²) in [5, 5.41) is 10.1. The largest absolute Gasteiger partial charge is 0.351 e. The number of para-hydroxylation sites is 1. The minimum atomic E-state index is -0.283. The molecule has 9 heteroatoms. The molecule has 0 spiro atoms. The van der Waals surface area contributed by atoms with Gasteiger partial charge in [-0.3, -0.25) is 24.2 Å². The molecule has 3 aromatic rings. The second-order valence-electron chi connectivity index (χ2n) is 6.67. The average Bonchev–Trinajstić information content (AvgIpc) is 3.29. The van der Waals surface area contributed by atoms with Gasteiger partial charge in [0, 0.05) is 19.5 Å². The van der Waals surface area contributed by atoms with Crippen molar-refractivity contribution in [3.63, 3.8) is 0 Å². The monoisotopic (exact) mass is 380 g/mol. The van der Waals surface area contributed by atoms with Crippen molar-refractivity contribution >= 4 is 11.8 Å². The lowest BCUT2D eigenvalue weighted by Crippen LogP contribution is -2.38. The Balaban J connectivity index is 1.51. The van der Waals surface area contributed by atoms with Gasteiger partial charge in [0.15, 0.2) is 0 Å². The van der Waals surface area contributed by atoms with Crippen molar-refractivity contribution in [3.8, 4) is 5.69 Å². The Morgan fingerprint density at radius 2 is 1.96 bits per heavy atom. The molecule has 1 aromatic carbocycles. The van der Waals surface area contributed by atoms with Gasteiger partial charge in [-0.25, -0.2) is 4.68 Å². The topological polar surface area (TPSA) is 105 Å². The van der Waals surface area contributed by atoms with E-state index in [1.807, 2.05) is 28.9 Å². The van der Waals surface area contributed by atoms with Gasteiger partial charge < -0.3 is 10.2 Å². The maximum atomic E-state index is 12.9. The fourth-order valence-electron chi connectivity index (χ4n) is 3.25. The molecule has 0 unspecified atom stereocenters. The number of fused-ring (bicyclic) bond motifs is 1. The normalized spacial score (nSPS) is 13.2. The number of H-pyrrole nitrogens is 1. The van der Waals surface area contributed by atoms with E-state index in [-0.39, 0.29) is 23.1 Å². The second kappa shape index (κ2) is 7.18. The molecule has 0 saturated heterocycles. The third-order valence-corrected chi connectivity index (χ3v) is 4.62. The summed E-state index contributed by atoms with van der Waals surface area (Å²) in [7, 11) is 0. The maximum absolute atomic E-state index is 12.9. The van der Waals surface area contributed by atoms with Gasteiger partial charge in [0.05, 0.1) is 36.7 Å². The Hall–Kier alpha value is -3.62. The van der Waals surface area contributed by atoms with Crippen molar-refractivity contribution < 1.29 is 9.59 Å². The summed E-state index contributed by atoms with van der Waals surface area (Å²) in [5.41, 5.74) is 2.29. The third kappa shape index (κ3) is 3.46. The van der Waals surface area contributed by atoms with E-state index in [9.17, 15) is 14.4 Å². The number of hydrogen-bond acceptors (Lipinski definition) is 4. The van der Waals surface area contributed by atoms with Crippen molar-refractivity contribution in [1.82, 2.24) is 29.8 Å². The molecule has 0 saturated carbocycles. The van der Waals surface area contributed by atoms with Gasteiger partial charge in [-0.15, -0.1) is 0 Å². The zero-order valence-electron chi connectivity index (χ0n) is 15.4. The molecule has 0 aliphatic carbocycles. The highest BCUT2D eigenvalue weighted by molar-refractivity contribution is 5.92. The Labute approximate surface area is 160 Å². The summed E-state index contributed by atoms with van der Waals surface area (Å²) in [5.74, 6) is -0.350. The van der Waals surface area contributed by atoms with Crippen LogP contribution in [0.4, 0.5) is 0 Å². The highest BCUT2D eigenvalue weighted by Crippen LogP contribution is 2.16. The molecule has 1 aliphatic rings. The third-order valence-electron chi connectivity index (χ3n) is 4.62. The number of rotatable bonds is 4. The molecule has 2 N–H and O–H groups in total. The van der Waals surface area contributed by atoms with Crippen LogP contribution < -0.4 is 10.9 Å². The average molecular weight is 380 g/mol. The number of amides is 2. The standard InChI is InChI=1S/C19H20N6O3/c1-13(26)20-11-14-9-16-12-23(7-8-24(16)21-14)19(28)17-10-18(27)25(22-17)15-5-3-2-4-6-15/h2-6,9-10,22H,7-8,11-12H2,1H3,(H,20,26). The van der Waals surface area contributed by atoms with Crippen LogP contribution in [-0.4, -0.2) is 42.8 Å². The number of aromatic nitrogens is 4. The quantitative estimate of drug-likeness (QED) is 0.693. The number of nitrogens with zero attached hydrogens (tertiary/aromatic N) is 4. The first-order valence-corrected chi connectivity index (χ1v) is 8.98. The van der Waals surface area contributed by atoms with Crippen molar-refractivity contribution in [3.05, 3.63) is 69.9 Å². The van der Waals surface area contributed by atoms with Crippen molar-refractivity contribution in [2.24, 2.45) is 0 Å². The molecule has 4 rings (SSSR count). The van der Waals surface area contributed by atoms with E-state index in [1.165, 1.54) is 17.7 Å². The second-order valence-corrected chi connectivity index (χ2v) is 6.67. The highest BCUT2D eigenvalue weighted by atomic mass is 16.2. The van der Waals surface area contributed by atoms with Crippen LogP contribution in [0.1, 0.15) is 28.8 Å². The minimum Gasteiger partial charge on any atom is -0.351 e. The first-order chi connectivity index (χ1) is 13.5. The Bertz CT molecular complexity index is 1080. The maximum Gasteiger partial charge on any atom is 0.272 e. The molecule has 2 amide bonds. The number of carbonyl (C=O) groups excluding carboxylic acids is 2. The van der Waals surface area contributed by atoms with Crippen molar-refractivity contribution in [1.29, 1.82) is 0 Å². The van der Waals surface area contributed by atoms with Crippen LogP contribution in [0.25, 0.3) is 5.69 Å². The van der Waals surface area contributed by atoms with Gasteiger partial charge in [0.25, 0.3) is 11.5 Å². The Morgan fingerprint density at radius 3 is 2.71 bits per heavy atom. The van der Waals surface area contributed by atoms with Crippen LogP contribution in [-0.2, 0) is 24.4 Å². The van der Waals surface area contributed by atoms with E-state index in [4.69, 9.17) is 0 Å². The molecular weight excluding hydrogens is 360 g/mol. The van der Waals surface area contributed by atoms with Crippen LogP contribution in [0.3, 0.4) is 0 Å². The van der Waals surface area contributed by atoms with Gasteiger partial charge >= 0.3 is 0 Å². The highest BCUT2D eigenvalue weighted by Gasteiger charge is 2.25. The molecule has 2 aromatic heterocycles. The summed E-state index contributed by atoms with van der Waals surface area (Å²) >= 11 is 0. The Kier molecular flexibility index (Phi) is 4.56. The first kappa shape index (κ1) is 17.8. The summed E-state index contributed by atoms with van der Waals surface area (Å²) in [4.78, 5) is 37.9. The lowest BCUT2D eigenvalue weighted by molar-refractivity contribution is -0.119. The predicted molar refractivity (Wildman–Crippen MR) is 101 cm³/mol. The van der Waals surface area contributed by atoms with Crippen molar-refractivity contribution in [2.45, 2.75) is 26.6 Å². The number of hydrogen-bond donors (Lipinski definition) is 2. The molecule has 1 aliphatic heterocycles. The molecule has 3 heterocycles. The van der Waals surface area contributed by atoms with Gasteiger partial charge in [0.1, 0.15) is 5.69 Å². The van der Waals surface area contributed by atoms with Crippen LogP contribution in [0.15, 0.2) is 47.3 Å². The van der Waals surface area contributed by atoms with Crippen LogP contribution in [0.2, 0.25) is 0 Å². The minimum absolute atomic E-state index is 0.116. The molecule has 0 bridgehead atoms. The van der Waals surface area contributed by atoms with Crippen LogP contribution in [0, 0.1) is 0 Å². The van der Waals surface area contributed by atoms with Crippen LogP contribution in [0.5, 0.6) is 0 Å². The Morgan fingerprint density at radius 1 is 1.18 bits per heavy atom. The predicted octanol–water partition coefficient (Wildman–Crippen LogP) is 0.654. The summed E-state index contributed by atoms with van der Waals surface area (Å²) < 4.78 is 3.20. The first-order valence-electron chi connectivity index (χ1n) is 8.98. The summed E-state index contributed by atoms with van der Waals surface area (Å²) in [6.45, 7) is 3.26. The fraction of sp³-hybridized carbons (Fsp3) is 0.263. The summed E-state index contributed by atoms with van der Waals surface area (Å²) in [6.07, 6.45) is 0. The smallest absolute Gasteiger partial charge is 0.272 e. The molecule has 0 fully saturated rings. The van der Waals surface area contributed by atoms with Gasteiger partial charge in [-0.05, 0) is 18.2 Å². The van der Waals surface area contributed by atoms with Crippen LogP contribution >= 0.6 is 0 Å². The molecule has 9 nitrogen and oxygen atoms in total. The van der Waals surface area contributed by atoms with E-state index >= 15 is 0 Å². The zero-order valence-corrected chi connectivity index (χ0v) is 15.4. The lowest BCUT2D eigenvalue weighted by Gasteiger charge is -2.27. The molecule has 0 radical (unpaired) electrons. The van der Waals surface area contributed by atoms with Gasteiger partial charge in [-0.2, -0.15) is 5.10 Å². The zero-order chi connectivity index (χ0) is 19.7. The lowest BCUT2D eigenvalue weighted by atomic mass is 10.2. The van der Waals surface area contributed by atoms with E-state index in [0.717, 1.165) is 11.4 Å². The molecule has 28 heavy (non-hydrogen) atoms. The molecule has 144 valence electrons. The number of benzene rings is 1. The van der Waals surface area contributed by atoms with E-state index < -0.39 is 0 Å². The molecule has 0 atom stereocenters. The van der Waals surface area contributed by atoms with E-state index in [1.54, 1.807) is 17.0 Å². The van der Waals surface area contributed by atoms with E-state index in [0.29, 0.717) is 31.9 Å². The van der Waals surface area contributed by atoms with Gasteiger partial charge in [0.2, 0.25) is 5.91 Å². The fourth-order valence-corrected chi connectivity index (χ4v) is 3.25. The number of aromatic amines is 1. The SMILES string of the molecule is CC(=O)NCc1cc2n(n1)CCN(C(=O)c1cc(=O)n(-c3ccccc3)[nH]1)C2. The summed E-state index contributed by atoms with van der Waals surface area (Å²) in [6, 6.07) is 12.3. The molecular formula is C19H20N6O3. The van der Waals surface area contributed by atoms with Crippen molar-refractivity contribution in [2.75, 3.05) is 6.54 Å². The van der Waals surface area contributed by atoms with E-state index in [2.05, 4.69) is 15.5 Å².